The molecular weight excluding hydrogens is 456 g/mol. The number of rotatable bonds is 7. The fourth-order valence-corrected chi connectivity index (χ4v) is 5.03. The molecule has 0 aliphatic rings. The van der Waals surface area contributed by atoms with E-state index in [1.165, 1.54) is 13.2 Å². The highest BCUT2D eigenvalue weighted by molar-refractivity contribution is 7.93. The molecule has 11 heteroatoms. The van der Waals surface area contributed by atoms with Crippen LogP contribution in [0.2, 0.25) is 0 Å². The van der Waals surface area contributed by atoms with E-state index in [2.05, 4.69) is 20.0 Å². The van der Waals surface area contributed by atoms with Gasteiger partial charge < -0.3 is 15.0 Å². The molecule has 3 N–H and O–H groups in total. The molecule has 3 aromatic heterocycles. The minimum absolute atomic E-state index is 0.0343. The van der Waals surface area contributed by atoms with Crippen molar-refractivity contribution in [3.63, 3.8) is 0 Å². The number of pyridine rings is 1. The second-order valence-corrected chi connectivity index (χ2v) is 9.55. The van der Waals surface area contributed by atoms with Gasteiger partial charge in [-0.2, -0.15) is 5.10 Å². The maximum atomic E-state index is 13.3. The zero-order valence-corrected chi connectivity index (χ0v) is 19.3. The summed E-state index contributed by atoms with van der Waals surface area (Å²) in [6.45, 7) is 2.76. The third kappa shape index (κ3) is 3.95. The fraction of sp³-hybridized carbons (Fsp3) is 0.174. The van der Waals surface area contributed by atoms with Crippen LogP contribution in [0.3, 0.4) is 0 Å². The Morgan fingerprint density at radius 3 is 2.79 bits per heavy atom. The molecule has 34 heavy (non-hydrogen) atoms. The van der Waals surface area contributed by atoms with Crippen molar-refractivity contribution in [1.29, 1.82) is 0 Å². The second-order valence-electron chi connectivity index (χ2n) is 7.90. The Labute approximate surface area is 195 Å². The summed E-state index contributed by atoms with van der Waals surface area (Å²) >= 11 is 0. The van der Waals surface area contributed by atoms with E-state index < -0.39 is 10.0 Å². The summed E-state index contributed by atoms with van der Waals surface area (Å²) in [5.41, 5.74) is 9.10. The molecule has 0 saturated heterocycles. The van der Waals surface area contributed by atoms with Crippen molar-refractivity contribution >= 4 is 37.7 Å². The van der Waals surface area contributed by atoms with E-state index in [0.717, 1.165) is 22.1 Å². The Bertz CT molecular complexity index is 1620. The predicted octanol–water partition coefficient (Wildman–Crippen LogP) is 3.20. The third-order valence-electron chi connectivity index (χ3n) is 5.42. The quantitative estimate of drug-likeness (QED) is 0.364. The highest BCUT2D eigenvalue weighted by Crippen LogP contribution is 2.35. The van der Waals surface area contributed by atoms with Crippen molar-refractivity contribution in [2.45, 2.75) is 24.9 Å². The number of aryl methyl sites for hydroxylation is 1. The smallest absolute Gasteiger partial charge is 0.265 e. The maximum Gasteiger partial charge on any atom is 0.265 e. The molecule has 0 radical (unpaired) electrons. The Hall–Kier alpha value is -3.96. The lowest BCUT2D eigenvalue weighted by Crippen LogP contribution is -2.14. The number of benzene rings is 2. The Morgan fingerprint density at radius 1 is 1.18 bits per heavy atom. The molecule has 0 aliphatic heterocycles. The molecule has 0 fully saturated rings. The van der Waals surface area contributed by atoms with Gasteiger partial charge in [0.25, 0.3) is 10.0 Å². The maximum absolute atomic E-state index is 13.3. The van der Waals surface area contributed by atoms with E-state index >= 15 is 0 Å². The largest absolute Gasteiger partial charge is 0.496 e. The number of fused-ring (bicyclic) bond motifs is 2. The number of aromatic nitrogens is 4. The van der Waals surface area contributed by atoms with Crippen LogP contribution in [-0.2, 0) is 23.1 Å². The van der Waals surface area contributed by atoms with Gasteiger partial charge in [-0.15, -0.1) is 0 Å². The lowest BCUT2D eigenvalue weighted by molar-refractivity contribution is 0.418. The molecule has 10 nitrogen and oxygen atoms in total. The number of ether oxygens (including phenoxy) is 1. The van der Waals surface area contributed by atoms with E-state index in [0.29, 0.717) is 35.3 Å². The van der Waals surface area contributed by atoms with Gasteiger partial charge in [0.15, 0.2) is 11.4 Å². The molecule has 5 aromatic rings. The second kappa shape index (κ2) is 8.43. The number of para-hydroxylation sites is 1. The van der Waals surface area contributed by atoms with E-state index in [-0.39, 0.29) is 10.7 Å². The van der Waals surface area contributed by atoms with Crippen LogP contribution in [0.5, 0.6) is 5.75 Å². The van der Waals surface area contributed by atoms with E-state index in [1.807, 2.05) is 25.3 Å². The van der Waals surface area contributed by atoms with Gasteiger partial charge in [0.2, 0.25) is 0 Å². The van der Waals surface area contributed by atoms with Crippen LogP contribution < -0.4 is 15.2 Å². The first-order chi connectivity index (χ1) is 16.4. The van der Waals surface area contributed by atoms with E-state index in [9.17, 15) is 8.42 Å². The molecule has 0 spiro atoms. The van der Waals surface area contributed by atoms with Crippen LogP contribution in [0.4, 0.5) is 5.82 Å². The van der Waals surface area contributed by atoms with Crippen molar-refractivity contribution < 1.29 is 17.7 Å². The zero-order chi connectivity index (χ0) is 23.9. The minimum atomic E-state index is -4.01. The number of nitrogens with two attached hydrogens (primary N) is 1. The van der Waals surface area contributed by atoms with Crippen molar-refractivity contribution in [2.75, 3.05) is 11.8 Å². The number of hydrogen-bond donors (Lipinski definition) is 2. The topological polar surface area (TPSA) is 138 Å². The van der Waals surface area contributed by atoms with Gasteiger partial charge in [-0.05, 0) is 42.3 Å². The number of nitrogens with one attached hydrogen (secondary N) is 1. The van der Waals surface area contributed by atoms with Crippen LogP contribution in [0, 0.1) is 6.92 Å². The summed E-state index contributed by atoms with van der Waals surface area (Å²) in [6.07, 6.45) is 5.20. The summed E-state index contributed by atoms with van der Waals surface area (Å²) in [7, 11) is -2.51. The van der Waals surface area contributed by atoms with Gasteiger partial charge in [-0.1, -0.05) is 17.3 Å². The first-order valence-corrected chi connectivity index (χ1v) is 11.9. The molecule has 0 amide bonds. The van der Waals surface area contributed by atoms with E-state index in [1.54, 1.807) is 35.3 Å². The van der Waals surface area contributed by atoms with Gasteiger partial charge >= 0.3 is 0 Å². The third-order valence-corrected chi connectivity index (χ3v) is 6.79. The summed E-state index contributed by atoms with van der Waals surface area (Å²) in [6, 6.07) is 10.5. The number of anilines is 1. The Balaban J connectivity index is 1.52. The van der Waals surface area contributed by atoms with Gasteiger partial charge in [-0.3, -0.25) is 14.4 Å². The highest BCUT2D eigenvalue weighted by Gasteiger charge is 2.24. The molecule has 0 aliphatic carbocycles. The molecule has 3 heterocycles. The summed E-state index contributed by atoms with van der Waals surface area (Å²) in [4.78, 5) is 4.38. The standard InChI is InChI=1S/C23H22N6O4S/c1-14-6-17-4-3-5-20(22(17)25-10-14)34(30,31)28-23-21-18(32-2)7-15(8-19(21)33-27-23)12-29-13-16(9-24)11-26-29/h3-8,10-11,13H,9,12,24H2,1-2H3,(H,27,28). The fourth-order valence-electron chi connectivity index (χ4n) is 3.84. The number of nitrogens with zero attached hydrogens (tertiary/aromatic N) is 4. The Kier molecular flexibility index (Phi) is 5.42. The minimum Gasteiger partial charge on any atom is -0.496 e. The monoisotopic (exact) mass is 478 g/mol. The normalized spacial score (nSPS) is 11.9. The van der Waals surface area contributed by atoms with Crippen molar-refractivity contribution in [1.82, 2.24) is 19.9 Å². The lowest BCUT2D eigenvalue weighted by Gasteiger charge is -2.10. The van der Waals surface area contributed by atoms with Crippen LogP contribution >= 0.6 is 0 Å². The SMILES string of the molecule is COc1cc(Cn2cc(CN)cn2)cc2onc(NS(=O)(=O)c3cccc4cc(C)cnc34)c12. The predicted molar refractivity (Wildman–Crippen MR) is 127 cm³/mol. The highest BCUT2D eigenvalue weighted by atomic mass is 32.2. The number of methoxy groups -OCH3 is 1. The molecular formula is C23H22N6O4S. The van der Waals surface area contributed by atoms with Crippen molar-refractivity contribution in [2.24, 2.45) is 5.73 Å². The summed E-state index contributed by atoms with van der Waals surface area (Å²) < 4.78 is 41.9. The van der Waals surface area contributed by atoms with Crippen LogP contribution in [0.15, 0.2) is 64.4 Å². The lowest BCUT2D eigenvalue weighted by atomic mass is 10.1. The zero-order valence-electron chi connectivity index (χ0n) is 18.5. The molecule has 2 aromatic carbocycles. The van der Waals surface area contributed by atoms with Crippen LogP contribution in [0.1, 0.15) is 16.7 Å². The first kappa shape index (κ1) is 21.9. The molecule has 5 rings (SSSR count). The van der Waals surface area contributed by atoms with Crippen LogP contribution in [0.25, 0.3) is 21.9 Å². The van der Waals surface area contributed by atoms with Crippen molar-refractivity contribution in [3.8, 4) is 5.75 Å². The molecule has 0 atom stereocenters. The van der Waals surface area contributed by atoms with Crippen molar-refractivity contribution in [3.05, 3.63) is 71.7 Å². The van der Waals surface area contributed by atoms with Gasteiger partial charge in [-0.25, -0.2) is 8.42 Å². The van der Waals surface area contributed by atoms with Gasteiger partial charge in [0.05, 0.1) is 25.4 Å². The summed E-state index contributed by atoms with van der Waals surface area (Å²) in [5.74, 6) is 0.455. The van der Waals surface area contributed by atoms with Crippen LogP contribution in [-0.4, -0.2) is 35.4 Å². The number of hydrogen-bond acceptors (Lipinski definition) is 8. The summed E-state index contributed by atoms with van der Waals surface area (Å²) in [5, 5.41) is 9.40. The van der Waals surface area contributed by atoms with E-state index in [4.69, 9.17) is 15.0 Å². The first-order valence-electron chi connectivity index (χ1n) is 10.4. The average molecular weight is 479 g/mol. The average Bonchev–Trinajstić information content (AvgIpc) is 3.44. The molecule has 0 saturated carbocycles. The van der Waals surface area contributed by atoms with Gasteiger partial charge in [0.1, 0.15) is 16.0 Å². The number of sulfonamides is 1. The molecule has 0 bridgehead atoms. The Morgan fingerprint density at radius 2 is 2.03 bits per heavy atom. The molecule has 174 valence electrons. The molecule has 0 unspecified atom stereocenters. The van der Waals surface area contributed by atoms with Gasteiger partial charge in [0, 0.05) is 29.9 Å².